The average Bonchev–Trinajstić information content (AvgIpc) is 3.10. The zero-order valence-corrected chi connectivity index (χ0v) is 29.3. The number of unbranched alkanes of at least 4 members (excludes halogenated alkanes) is 1. The smallest absolute Gasteiger partial charge is 0.265 e. The van der Waals surface area contributed by atoms with Gasteiger partial charge in [0.05, 0.1) is 12.1 Å². The fourth-order valence-electron chi connectivity index (χ4n) is 5.41. The van der Waals surface area contributed by atoms with Gasteiger partial charge in [-0.3, -0.25) is 24.6 Å². The molecule has 0 fully saturated rings. The minimum atomic E-state index is -1.15. The van der Waals surface area contributed by atoms with Crippen molar-refractivity contribution in [2.75, 3.05) is 40.3 Å². The summed E-state index contributed by atoms with van der Waals surface area (Å²) >= 11 is 0. The van der Waals surface area contributed by atoms with E-state index in [0.29, 0.717) is 25.2 Å². The first kappa shape index (κ1) is 38.7. The predicted molar refractivity (Wildman–Crippen MR) is 190 cm³/mol. The number of hydrogen-bond acceptors (Lipinski definition) is 7. The van der Waals surface area contributed by atoms with Crippen LogP contribution >= 0.6 is 0 Å². The molecule has 0 aliphatic heterocycles. The van der Waals surface area contributed by atoms with Crippen molar-refractivity contribution in [3.05, 3.63) is 101 Å². The van der Waals surface area contributed by atoms with E-state index in [1.165, 1.54) is 35.2 Å². The molecule has 0 spiro atoms. The maximum atomic E-state index is 14.0. The van der Waals surface area contributed by atoms with Gasteiger partial charge in [0.15, 0.2) is 0 Å². The molecule has 2 atom stereocenters. The highest BCUT2D eigenvalue weighted by Gasteiger charge is 2.27. The molecule has 3 aromatic rings. The van der Waals surface area contributed by atoms with Gasteiger partial charge < -0.3 is 25.3 Å². The molecule has 0 radical (unpaired) electrons. The Morgan fingerprint density at radius 3 is 1.88 bits per heavy atom. The maximum Gasteiger partial charge on any atom is 0.265 e. The number of aliphatic hydroxyl groups excluding tert-OH is 1. The quantitative estimate of drug-likeness (QED) is 0.146. The predicted octanol–water partition coefficient (Wildman–Crippen LogP) is 4.51. The highest BCUT2D eigenvalue weighted by molar-refractivity contribution is 6.04. The Bertz CT molecular complexity index is 1520. The molecule has 0 saturated heterocycles. The lowest BCUT2D eigenvalue weighted by molar-refractivity contribution is 0.0446. The minimum absolute atomic E-state index is 0.00743. The van der Waals surface area contributed by atoms with Crippen molar-refractivity contribution >= 4 is 23.6 Å². The number of phenolic OH excluding ortho intramolecular Hbond substituents is 1. The number of amides is 4. The number of benzene rings is 3. The second-order valence-corrected chi connectivity index (χ2v) is 12.4. The molecule has 0 aromatic heterocycles. The SMILES string of the molecule is CCCCN(CC(O)C(Cc1ccc(O)cc1)NC(=O)c1cc(C(=O)N(C)C)cc(C(=O)N(CCC)CCC)c1)NC(=O)c1ccccc1. The van der Waals surface area contributed by atoms with Gasteiger partial charge in [-0.2, -0.15) is 0 Å². The lowest BCUT2D eigenvalue weighted by Crippen LogP contribution is -2.53. The summed E-state index contributed by atoms with van der Waals surface area (Å²) < 4.78 is 0. The summed E-state index contributed by atoms with van der Waals surface area (Å²) in [6.45, 7) is 7.55. The number of rotatable bonds is 18. The van der Waals surface area contributed by atoms with Crippen LogP contribution in [0, 0.1) is 0 Å². The Morgan fingerprint density at radius 2 is 1.31 bits per heavy atom. The van der Waals surface area contributed by atoms with E-state index >= 15 is 0 Å². The molecule has 0 aliphatic rings. The standard InChI is InChI=1S/C38H51N5O6/c1-6-9-21-43(40-36(47)28-13-11-10-12-14-28)26-34(45)33(22-27-15-17-32(44)18-16-27)39-35(46)29-23-30(37(48)41(4)5)25-31(24-29)38(49)42(19-7-2)20-8-3/h10-18,23-25,33-34,44-45H,6-9,19-22,26H2,1-5H3,(H,39,46)(H,40,47). The first-order valence-electron chi connectivity index (χ1n) is 17.0. The fourth-order valence-corrected chi connectivity index (χ4v) is 5.41. The average molecular weight is 674 g/mol. The van der Waals surface area contributed by atoms with Gasteiger partial charge in [0.1, 0.15) is 5.75 Å². The molecule has 2 unspecified atom stereocenters. The van der Waals surface area contributed by atoms with Gasteiger partial charge in [-0.25, -0.2) is 5.01 Å². The van der Waals surface area contributed by atoms with Crippen molar-refractivity contribution in [1.82, 2.24) is 25.6 Å². The minimum Gasteiger partial charge on any atom is -0.508 e. The van der Waals surface area contributed by atoms with E-state index < -0.39 is 18.1 Å². The third-order valence-corrected chi connectivity index (χ3v) is 8.03. The number of carbonyl (C=O) groups is 4. The summed E-state index contributed by atoms with van der Waals surface area (Å²) in [6.07, 6.45) is 2.18. The van der Waals surface area contributed by atoms with Gasteiger partial charge in [-0.05, 0) is 73.7 Å². The molecule has 4 N–H and O–H groups in total. The van der Waals surface area contributed by atoms with Gasteiger partial charge >= 0.3 is 0 Å². The van der Waals surface area contributed by atoms with Crippen LogP contribution in [0.4, 0.5) is 0 Å². The third-order valence-electron chi connectivity index (χ3n) is 8.03. The zero-order chi connectivity index (χ0) is 35.9. The van der Waals surface area contributed by atoms with Gasteiger partial charge in [-0.1, -0.05) is 57.5 Å². The van der Waals surface area contributed by atoms with Crippen LogP contribution in [0.5, 0.6) is 5.75 Å². The molecule has 11 heteroatoms. The molecule has 0 bridgehead atoms. The Balaban J connectivity index is 1.96. The number of aromatic hydroxyl groups is 1. The van der Waals surface area contributed by atoms with E-state index in [0.717, 1.165) is 31.2 Å². The number of carbonyl (C=O) groups excluding carboxylic acids is 4. The summed E-state index contributed by atoms with van der Waals surface area (Å²) in [4.78, 5) is 56.8. The maximum absolute atomic E-state index is 14.0. The highest BCUT2D eigenvalue weighted by atomic mass is 16.3. The molecule has 4 amide bonds. The van der Waals surface area contributed by atoms with E-state index in [1.807, 2.05) is 26.8 Å². The first-order valence-corrected chi connectivity index (χ1v) is 17.0. The van der Waals surface area contributed by atoms with E-state index in [1.54, 1.807) is 60.4 Å². The molecule has 264 valence electrons. The molecule has 11 nitrogen and oxygen atoms in total. The second kappa shape index (κ2) is 19.3. The lowest BCUT2D eigenvalue weighted by atomic mass is 9.99. The number of aliphatic hydroxyl groups is 1. The van der Waals surface area contributed by atoms with Crippen molar-refractivity contribution in [2.45, 2.75) is 65.0 Å². The van der Waals surface area contributed by atoms with Crippen molar-refractivity contribution in [3.8, 4) is 5.75 Å². The van der Waals surface area contributed by atoms with Crippen LogP contribution in [0.1, 0.15) is 93.4 Å². The molecular formula is C38H51N5O6. The lowest BCUT2D eigenvalue weighted by Gasteiger charge is -2.30. The number of nitrogens with zero attached hydrogens (tertiary/aromatic N) is 3. The number of hydrazine groups is 1. The summed E-state index contributed by atoms with van der Waals surface area (Å²) in [5.74, 6) is -1.44. The Labute approximate surface area is 289 Å². The summed E-state index contributed by atoms with van der Waals surface area (Å²) in [7, 11) is 3.20. The number of hydrogen-bond donors (Lipinski definition) is 4. The Morgan fingerprint density at radius 1 is 0.714 bits per heavy atom. The highest BCUT2D eigenvalue weighted by Crippen LogP contribution is 2.18. The van der Waals surface area contributed by atoms with Gasteiger partial charge in [0.2, 0.25) is 0 Å². The molecule has 0 saturated carbocycles. The number of phenols is 1. The normalized spacial score (nSPS) is 12.2. The first-order chi connectivity index (χ1) is 23.5. The van der Waals surface area contributed by atoms with E-state index in [-0.39, 0.29) is 53.1 Å². The second-order valence-electron chi connectivity index (χ2n) is 12.4. The number of nitrogens with one attached hydrogen (secondary N) is 2. The fraction of sp³-hybridized carbons (Fsp3) is 0.421. The van der Waals surface area contributed by atoms with Crippen LogP contribution in [-0.4, -0.2) is 101 Å². The van der Waals surface area contributed by atoms with E-state index in [2.05, 4.69) is 10.7 Å². The largest absolute Gasteiger partial charge is 0.508 e. The Hall–Kier alpha value is -4.74. The van der Waals surface area contributed by atoms with Crippen molar-refractivity contribution in [2.24, 2.45) is 0 Å². The van der Waals surface area contributed by atoms with Crippen LogP contribution in [0.15, 0.2) is 72.8 Å². The topological polar surface area (TPSA) is 143 Å². The molecule has 3 aromatic carbocycles. The van der Waals surface area contributed by atoms with E-state index in [4.69, 9.17) is 0 Å². The van der Waals surface area contributed by atoms with Gasteiger partial charge in [0, 0.05) is 62.5 Å². The van der Waals surface area contributed by atoms with Crippen molar-refractivity contribution in [1.29, 1.82) is 0 Å². The van der Waals surface area contributed by atoms with Gasteiger partial charge in [0.25, 0.3) is 23.6 Å². The molecular weight excluding hydrogens is 622 g/mol. The van der Waals surface area contributed by atoms with Crippen LogP contribution in [0.2, 0.25) is 0 Å². The Kier molecular flexibility index (Phi) is 15.2. The molecule has 49 heavy (non-hydrogen) atoms. The molecule has 0 heterocycles. The third kappa shape index (κ3) is 11.7. The van der Waals surface area contributed by atoms with Crippen LogP contribution in [0.25, 0.3) is 0 Å². The molecule has 3 rings (SSSR count). The van der Waals surface area contributed by atoms with Gasteiger partial charge in [-0.15, -0.1) is 0 Å². The van der Waals surface area contributed by atoms with Crippen molar-refractivity contribution < 1.29 is 29.4 Å². The van der Waals surface area contributed by atoms with E-state index in [9.17, 15) is 29.4 Å². The zero-order valence-electron chi connectivity index (χ0n) is 29.3. The van der Waals surface area contributed by atoms with Crippen LogP contribution in [0.3, 0.4) is 0 Å². The van der Waals surface area contributed by atoms with Crippen LogP contribution < -0.4 is 10.7 Å². The summed E-state index contributed by atoms with van der Waals surface area (Å²) in [6, 6.07) is 18.9. The summed E-state index contributed by atoms with van der Waals surface area (Å²) in [5, 5.41) is 26.1. The van der Waals surface area contributed by atoms with Crippen molar-refractivity contribution in [3.63, 3.8) is 0 Å². The molecule has 0 aliphatic carbocycles. The monoisotopic (exact) mass is 673 g/mol. The van der Waals surface area contributed by atoms with Crippen LogP contribution in [-0.2, 0) is 6.42 Å². The summed E-state index contributed by atoms with van der Waals surface area (Å²) in [5.41, 5.74) is 4.64.